The van der Waals surface area contributed by atoms with Crippen molar-refractivity contribution in [2.75, 3.05) is 23.5 Å². The van der Waals surface area contributed by atoms with Gasteiger partial charge in [0.25, 0.3) is 5.78 Å². The summed E-state index contributed by atoms with van der Waals surface area (Å²) >= 11 is 1.23. The number of nitrogens with one attached hydrogen (secondary N) is 2. The van der Waals surface area contributed by atoms with Crippen molar-refractivity contribution in [1.29, 1.82) is 0 Å². The van der Waals surface area contributed by atoms with Crippen molar-refractivity contribution in [2.24, 2.45) is 0 Å². The zero-order valence-electron chi connectivity index (χ0n) is 19.0. The zero-order chi connectivity index (χ0) is 23.3. The third-order valence-corrected chi connectivity index (χ3v) is 5.77. The first-order chi connectivity index (χ1) is 15.3. The number of hydrogen-bond donors (Lipinski definition) is 2. The summed E-state index contributed by atoms with van der Waals surface area (Å²) in [6.45, 7) is 7.61. The molecule has 10 heteroatoms. The number of rotatable bonds is 9. The van der Waals surface area contributed by atoms with Gasteiger partial charge in [-0.05, 0) is 50.5 Å². The SMILES string of the molecule is CCCCc1c(C)nc2nc(SCC(=O)Nc3cc(NC(C)=O)ccc3OC)nn2c1C. The first-order valence-electron chi connectivity index (χ1n) is 10.4. The summed E-state index contributed by atoms with van der Waals surface area (Å²) in [4.78, 5) is 32.9. The lowest BCUT2D eigenvalue weighted by Gasteiger charge is -2.12. The van der Waals surface area contributed by atoms with E-state index < -0.39 is 0 Å². The molecule has 2 aromatic heterocycles. The number of amides is 2. The summed E-state index contributed by atoms with van der Waals surface area (Å²) in [6.07, 6.45) is 3.17. The molecule has 0 aliphatic rings. The van der Waals surface area contributed by atoms with Gasteiger partial charge < -0.3 is 15.4 Å². The van der Waals surface area contributed by atoms with Crippen LogP contribution in [0.25, 0.3) is 5.78 Å². The van der Waals surface area contributed by atoms with E-state index in [0.717, 1.165) is 30.7 Å². The molecule has 0 spiro atoms. The summed E-state index contributed by atoms with van der Waals surface area (Å²) in [5.74, 6) is 0.714. The maximum absolute atomic E-state index is 12.5. The Kier molecular flexibility index (Phi) is 7.68. The molecular weight excluding hydrogens is 428 g/mol. The summed E-state index contributed by atoms with van der Waals surface area (Å²) in [5, 5.41) is 10.5. The summed E-state index contributed by atoms with van der Waals surface area (Å²) in [6, 6.07) is 5.04. The molecule has 9 nitrogen and oxygen atoms in total. The number of anilines is 2. The minimum atomic E-state index is -0.239. The van der Waals surface area contributed by atoms with Crippen LogP contribution in [-0.2, 0) is 16.0 Å². The Hall–Kier alpha value is -3.14. The number of methoxy groups -OCH3 is 1. The monoisotopic (exact) mass is 456 g/mol. The Labute approximate surface area is 191 Å². The molecule has 0 unspecified atom stereocenters. The van der Waals surface area contributed by atoms with Crippen LogP contribution in [0.1, 0.15) is 43.6 Å². The number of fused-ring (bicyclic) bond motifs is 1. The first kappa shape index (κ1) is 23.5. The smallest absolute Gasteiger partial charge is 0.253 e. The summed E-state index contributed by atoms with van der Waals surface area (Å²) in [5.41, 5.74) is 4.24. The number of aryl methyl sites for hydroxylation is 2. The van der Waals surface area contributed by atoms with Crippen LogP contribution in [0.5, 0.6) is 5.75 Å². The van der Waals surface area contributed by atoms with Crippen molar-refractivity contribution in [3.05, 3.63) is 35.2 Å². The van der Waals surface area contributed by atoms with Gasteiger partial charge >= 0.3 is 0 Å². The molecule has 0 fully saturated rings. The lowest BCUT2D eigenvalue weighted by molar-refractivity contribution is -0.114. The van der Waals surface area contributed by atoms with E-state index in [9.17, 15) is 9.59 Å². The van der Waals surface area contributed by atoms with Crippen LogP contribution >= 0.6 is 11.8 Å². The molecule has 1 aromatic carbocycles. The third kappa shape index (κ3) is 5.56. The van der Waals surface area contributed by atoms with Gasteiger partial charge in [-0.2, -0.15) is 4.98 Å². The molecule has 0 saturated carbocycles. The van der Waals surface area contributed by atoms with Gasteiger partial charge in [0.15, 0.2) is 0 Å². The number of nitrogens with zero attached hydrogens (tertiary/aromatic N) is 4. The number of carbonyl (C=O) groups excluding carboxylic acids is 2. The fraction of sp³-hybridized carbons (Fsp3) is 0.409. The highest BCUT2D eigenvalue weighted by Crippen LogP contribution is 2.28. The average Bonchev–Trinajstić information content (AvgIpc) is 3.15. The van der Waals surface area contributed by atoms with E-state index in [4.69, 9.17) is 4.74 Å². The Morgan fingerprint density at radius 1 is 1.19 bits per heavy atom. The Balaban J connectivity index is 1.71. The normalized spacial score (nSPS) is 10.9. The van der Waals surface area contributed by atoms with E-state index in [2.05, 4.69) is 32.6 Å². The second-order valence-electron chi connectivity index (χ2n) is 7.40. The standard InChI is InChI=1S/C22H28N6O3S/c1-6-7-8-17-13(2)23-21-26-22(27-28(21)14(17)3)32-12-20(30)25-18-11-16(24-15(4)29)9-10-19(18)31-5/h9-11H,6-8,12H2,1-5H3,(H,24,29)(H,25,30). The molecule has 3 aromatic rings. The van der Waals surface area contributed by atoms with Gasteiger partial charge in [-0.1, -0.05) is 25.1 Å². The van der Waals surface area contributed by atoms with Crippen LogP contribution in [0.15, 0.2) is 23.4 Å². The van der Waals surface area contributed by atoms with Crippen LogP contribution in [-0.4, -0.2) is 44.3 Å². The van der Waals surface area contributed by atoms with E-state index in [1.54, 1.807) is 22.7 Å². The highest BCUT2D eigenvalue weighted by atomic mass is 32.2. The van der Waals surface area contributed by atoms with Crippen LogP contribution in [0.3, 0.4) is 0 Å². The zero-order valence-corrected chi connectivity index (χ0v) is 19.8. The molecule has 170 valence electrons. The fourth-order valence-electron chi connectivity index (χ4n) is 3.37. The predicted octanol–water partition coefficient (Wildman–Crippen LogP) is 3.78. The number of ether oxygens (including phenoxy) is 1. The van der Waals surface area contributed by atoms with Gasteiger partial charge in [-0.15, -0.1) is 5.10 Å². The Bertz CT molecular complexity index is 1140. The van der Waals surface area contributed by atoms with E-state index in [-0.39, 0.29) is 17.6 Å². The average molecular weight is 457 g/mol. The number of thioether (sulfide) groups is 1. The van der Waals surface area contributed by atoms with Crippen LogP contribution in [0, 0.1) is 13.8 Å². The molecule has 32 heavy (non-hydrogen) atoms. The molecule has 0 aliphatic heterocycles. The summed E-state index contributed by atoms with van der Waals surface area (Å²) in [7, 11) is 1.52. The van der Waals surface area contributed by atoms with Gasteiger partial charge in [-0.25, -0.2) is 9.50 Å². The van der Waals surface area contributed by atoms with Crippen LogP contribution in [0.2, 0.25) is 0 Å². The fourth-order valence-corrected chi connectivity index (χ4v) is 3.99. The second kappa shape index (κ2) is 10.4. The van der Waals surface area contributed by atoms with E-state index in [1.165, 1.54) is 31.4 Å². The second-order valence-corrected chi connectivity index (χ2v) is 8.35. The molecule has 2 amide bonds. The van der Waals surface area contributed by atoms with Crippen molar-refractivity contribution in [1.82, 2.24) is 19.6 Å². The largest absolute Gasteiger partial charge is 0.495 e. The number of unbranched alkanes of at least 4 members (excludes halogenated alkanes) is 1. The number of aromatic nitrogens is 4. The maximum Gasteiger partial charge on any atom is 0.253 e. The van der Waals surface area contributed by atoms with Gasteiger partial charge in [-0.3, -0.25) is 9.59 Å². The van der Waals surface area contributed by atoms with Crippen molar-refractivity contribution in [2.45, 2.75) is 52.1 Å². The Morgan fingerprint density at radius 3 is 2.66 bits per heavy atom. The highest BCUT2D eigenvalue weighted by Gasteiger charge is 2.15. The Morgan fingerprint density at radius 2 is 1.97 bits per heavy atom. The quantitative estimate of drug-likeness (QED) is 0.471. The van der Waals surface area contributed by atoms with Crippen molar-refractivity contribution in [3.63, 3.8) is 0 Å². The van der Waals surface area contributed by atoms with Gasteiger partial charge in [0.05, 0.1) is 18.6 Å². The van der Waals surface area contributed by atoms with E-state index >= 15 is 0 Å². The molecule has 0 radical (unpaired) electrons. The van der Waals surface area contributed by atoms with Crippen LogP contribution < -0.4 is 15.4 Å². The van der Waals surface area contributed by atoms with Crippen molar-refractivity contribution in [3.8, 4) is 5.75 Å². The topological polar surface area (TPSA) is 111 Å². The minimum absolute atomic E-state index is 0.116. The van der Waals surface area contributed by atoms with Gasteiger partial charge in [0.2, 0.25) is 17.0 Å². The number of benzene rings is 1. The maximum atomic E-state index is 12.5. The minimum Gasteiger partial charge on any atom is -0.495 e. The molecular formula is C22H28N6O3S. The molecule has 2 N–H and O–H groups in total. The molecule has 3 rings (SSSR count). The third-order valence-electron chi connectivity index (χ3n) is 4.94. The van der Waals surface area contributed by atoms with Crippen molar-refractivity contribution < 1.29 is 14.3 Å². The predicted molar refractivity (Wildman–Crippen MR) is 126 cm³/mol. The molecule has 0 bridgehead atoms. The lowest BCUT2D eigenvalue weighted by atomic mass is 10.1. The van der Waals surface area contributed by atoms with Crippen LogP contribution in [0.4, 0.5) is 11.4 Å². The van der Waals surface area contributed by atoms with Crippen molar-refractivity contribution >= 4 is 40.7 Å². The van der Waals surface area contributed by atoms with Gasteiger partial charge in [0, 0.05) is 24.0 Å². The summed E-state index contributed by atoms with van der Waals surface area (Å²) < 4.78 is 7.05. The molecule has 0 saturated heterocycles. The lowest BCUT2D eigenvalue weighted by Crippen LogP contribution is -2.15. The van der Waals surface area contributed by atoms with E-state index in [1.807, 2.05) is 13.8 Å². The first-order valence-corrected chi connectivity index (χ1v) is 11.4. The molecule has 0 atom stereocenters. The molecule has 0 aliphatic carbocycles. The van der Waals surface area contributed by atoms with Gasteiger partial charge in [0.1, 0.15) is 5.75 Å². The number of hydrogen-bond acceptors (Lipinski definition) is 7. The highest BCUT2D eigenvalue weighted by molar-refractivity contribution is 7.99. The number of carbonyl (C=O) groups is 2. The van der Waals surface area contributed by atoms with E-state index in [0.29, 0.717) is 28.1 Å². The molecule has 2 heterocycles.